The first-order valence-corrected chi connectivity index (χ1v) is 11.0. The first kappa shape index (κ1) is 20.4. The van der Waals surface area contributed by atoms with E-state index in [2.05, 4.69) is 72.8 Å². The van der Waals surface area contributed by atoms with E-state index < -0.39 is 12.2 Å². The van der Waals surface area contributed by atoms with Crippen molar-refractivity contribution in [2.75, 3.05) is 0 Å². The molecule has 32 heavy (non-hydrogen) atoms. The first-order valence-electron chi connectivity index (χ1n) is 11.0. The summed E-state index contributed by atoms with van der Waals surface area (Å²) in [6, 6.07) is 33.5. The fraction of sp³-hybridized carbons (Fsp3) is 0.133. The van der Waals surface area contributed by atoms with Crippen molar-refractivity contribution in [3.8, 4) is 22.3 Å². The zero-order chi connectivity index (χ0) is 22.2. The molecule has 0 bridgehead atoms. The predicted molar refractivity (Wildman–Crippen MR) is 134 cm³/mol. The average molecular weight is 419 g/mol. The minimum Gasteiger partial charge on any atom is -0.389 e. The van der Waals surface area contributed by atoms with Gasteiger partial charge < -0.3 is 10.2 Å². The molecule has 0 aliphatic carbocycles. The fourth-order valence-corrected chi connectivity index (χ4v) is 4.61. The summed E-state index contributed by atoms with van der Waals surface area (Å²) in [5, 5.41) is 24.7. The average Bonchev–Trinajstić information content (AvgIpc) is 2.82. The second-order valence-electron chi connectivity index (χ2n) is 8.44. The fourth-order valence-electron chi connectivity index (χ4n) is 4.61. The molecule has 0 aromatic heterocycles. The maximum absolute atomic E-state index is 9.93. The lowest BCUT2D eigenvalue weighted by atomic mass is 9.85. The van der Waals surface area contributed by atoms with Crippen LogP contribution in [0.25, 0.3) is 43.8 Å². The van der Waals surface area contributed by atoms with Crippen LogP contribution in [0.3, 0.4) is 0 Å². The largest absolute Gasteiger partial charge is 0.389 e. The van der Waals surface area contributed by atoms with Crippen molar-refractivity contribution in [3.63, 3.8) is 0 Å². The topological polar surface area (TPSA) is 40.5 Å². The highest BCUT2D eigenvalue weighted by Gasteiger charge is 2.16. The number of benzene rings is 5. The van der Waals surface area contributed by atoms with E-state index in [1.807, 2.05) is 24.3 Å². The van der Waals surface area contributed by atoms with E-state index in [1.165, 1.54) is 32.7 Å². The highest BCUT2D eigenvalue weighted by Crippen LogP contribution is 2.43. The van der Waals surface area contributed by atoms with Gasteiger partial charge in [0, 0.05) is 0 Å². The normalized spacial score (nSPS) is 13.4. The van der Waals surface area contributed by atoms with Crippen LogP contribution in [0.1, 0.15) is 37.2 Å². The van der Waals surface area contributed by atoms with Gasteiger partial charge in [0.2, 0.25) is 0 Å². The van der Waals surface area contributed by atoms with Crippen molar-refractivity contribution in [2.24, 2.45) is 0 Å². The summed E-state index contributed by atoms with van der Waals surface area (Å²) in [4.78, 5) is 0. The molecule has 0 aliphatic heterocycles. The second kappa shape index (κ2) is 8.23. The molecule has 0 spiro atoms. The van der Waals surface area contributed by atoms with Gasteiger partial charge in [-0.05, 0) is 68.8 Å². The summed E-state index contributed by atoms with van der Waals surface area (Å²) >= 11 is 0. The van der Waals surface area contributed by atoms with E-state index in [9.17, 15) is 10.2 Å². The third kappa shape index (κ3) is 3.48. The lowest BCUT2D eigenvalue weighted by Gasteiger charge is -2.18. The van der Waals surface area contributed by atoms with Crippen molar-refractivity contribution >= 4 is 21.5 Å². The van der Waals surface area contributed by atoms with Crippen LogP contribution in [0, 0.1) is 0 Å². The van der Waals surface area contributed by atoms with Crippen LogP contribution in [0.15, 0.2) is 97.1 Å². The van der Waals surface area contributed by atoms with Gasteiger partial charge in [0.25, 0.3) is 0 Å². The van der Waals surface area contributed by atoms with Crippen molar-refractivity contribution in [1.82, 2.24) is 0 Å². The Kier molecular flexibility index (Phi) is 5.26. The number of fused-ring (bicyclic) bond motifs is 2. The van der Waals surface area contributed by atoms with Gasteiger partial charge in [-0.25, -0.2) is 0 Å². The molecular formula is C30H26O2. The lowest BCUT2D eigenvalue weighted by molar-refractivity contribution is 0.199. The van der Waals surface area contributed by atoms with E-state index in [0.29, 0.717) is 0 Å². The standard InChI is InChI=1S/C30H26O2/c1-19(31)21-11-15-23(16-12-21)29-25-7-3-5-9-27(25)30(28-10-6-4-8-26(28)29)24-17-13-22(14-18-24)20(2)32/h3-20,31-32H,1-2H3. The number of aliphatic hydroxyl groups is 2. The molecule has 2 unspecified atom stereocenters. The molecule has 0 radical (unpaired) electrons. The van der Waals surface area contributed by atoms with Gasteiger partial charge in [-0.15, -0.1) is 0 Å². The molecule has 2 nitrogen and oxygen atoms in total. The van der Waals surface area contributed by atoms with Gasteiger partial charge in [-0.2, -0.15) is 0 Å². The summed E-state index contributed by atoms with van der Waals surface area (Å²) in [5.74, 6) is 0. The van der Waals surface area contributed by atoms with Crippen LogP contribution in [-0.4, -0.2) is 10.2 Å². The quantitative estimate of drug-likeness (QED) is 0.298. The molecule has 5 rings (SSSR count). The minimum atomic E-state index is -0.482. The number of hydrogen-bond acceptors (Lipinski definition) is 2. The molecule has 0 saturated heterocycles. The molecule has 2 N–H and O–H groups in total. The Morgan fingerprint density at radius 2 is 0.719 bits per heavy atom. The van der Waals surface area contributed by atoms with E-state index in [0.717, 1.165) is 22.3 Å². The predicted octanol–water partition coefficient (Wildman–Crippen LogP) is 7.43. The molecule has 5 aromatic carbocycles. The maximum atomic E-state index is 9.93. The molecule has 0 saturated carbocycles. The molecule has 2 heteroatoms. The molecule has 2 atom stereocenters. The highest BCUT2D eigenvalue weighted by atomic mass is 16.3. The van der Waals surface area contributed by atoms with E-state index in [4.69, 9.17) is 0 Å². The first-order chi connectivity index (χ1) is 15.5. The minimum absolute atomic E-state index is 0.482. The van der Waals surface area contributed by atoms with Crippen LogP contribution in [0.4, 0.5) is 0 Å². The Bertz CT molecular complexity index is 1230. The maximum Gasteiger partial charge on any atom is 0.0761 e. The smallest absolute Gasteiger partial charge is 0.0761 e. The highest BCUT2D eigenvalue weighted by molar-refractivity contribution is 6.21. The molecule has 0 amide bonds. The van der Waals surface area contributed by atoms with E-state index in [-0.39, 0.29) is 0 Å². The summed E-state index contributed by atoms with van der Waals surface area (Å²) < 4.78 is 0. The Morgan fingerprint density at radius 3 is 0.969 bits per heavy atom. The van der Waals surface area contributed by atoms with E-state index >= 15 is 0 Å². The van der Waals surface area contributed by atoms with Crippen molar-refractivity contribution in [3.05, 3.63) is 108 Å². The lowest BCUT2D eigenvalue weighted by Crippen LogP contribution is -1.93. The van der Waals surface area contributed by atoms with Crippen LogP contribution in [0.5, 0.6) is 0 Å². The number of rotatable bonds is 4. The SMILES string of the molecule is CC(O)c1ccc(-c2c3ccccc3c(-c3ccc(C(C)O)cc3)c3ccccc23)cc1. The Labute approximate surface area is 188 Å². The van der Waals surface area contributed by atoms with Gasteiger partial charge in [-0.3, -0.25) is 0 Å². The van der Waals surface area contributed by atoms with Gasteiger partial charge in [0.1, 0.15) is 0 Å². The Hall–Kier alpha value is -3.46. The zero-order valence-corrected chi connectivity index (χ0v) is 18.3. The van der Waals surface area contributed by atoms with Crippen LogP contribution >= 0.6 is 0 Å². The van der Waals surface area contributed by atoms with Crippen LogP contribution < -0.4 is 0 Å². The van der Waals surface area contributed by atoms with Crippen molar-refractivity contribution in [1.29, 1.82) is 0 Å². The van der Waals surface area contributed by atoms with Crippen LogP contribution in [-0.2, 0) is 0 Å². The molecule has 0 heterocycles. The molecule has 158 valence electrons. The monoisotopic (exact) mass is 418 g/mol. The summed E-state index contributed by atoms with van der Waals surface area (Å²) in [6.45, 7) is 3.58. The van der Waals surface area contributed by atoms with Gasteiger partial charge in [0.05, 0.1) is 12.2 Å². The van der Waals surface area contributed by atoms with Crippen molar-refractivity contribution < 1.29 is 10.2 Å². The van der Waals surface area contributed by atoms with Gasteiger partial charge in [-0.1, -0.05) is 97.1 Å². The molecule has 5 aromatic rings. The van der Waals surface area contributed by atoms with Crippen molar-refractivity contribution in [2.45, 2.75) is 26.1 Å². The number of hydrogen-bond donors (Lipinski definition) is 2. The van der Waals surface area contributed by atoms with Gasteiger partial charge in [0.15, 0.2) is 0 Å². The van der Waals surface area contributed by atoms with Gasteiger partial charge >= 0.3 is 0 Å². The molecular weight excluding hydrogens is 392 g/mol. The Morgan fingerprint density at radius 1 is 0.438 bits per heavy atom. The summed E-state index contributed by atoms with van der Waals surface area (Å²) in [5.41, 5.74) is 6.51. The third-order valence-electron chi connectivity index (χ3n) is 6.30. The number of aliphatic hydroxyl groups excluding tert-OH is 2. The third-order valence-corrected chi connectivity index (χ3v) is 6.30. The summed E-state index contributed by atoms with van der Waals surface area (Å²) in [7, 11) is 0. The van der Waals surface area contributed by atoms with Crippen LogP contribution in [0.2, 0.25) is 0 Å². The Balaban J connectivity index is 1.83. The second-order valence-corrected chi connectivity index (χ2v) is 8.44. The molecule has 0 aliphatic rings. The summed E-state index contributed by atoms with van der Waals surface area (Å²) in [6.07, 6.45) is -0.964. The van der Waals surface area contributed by atoms with E-state index in [1.54, 1.807) is 13.8 Å². The molecule has 0 fully saturated rings. The zero-order valence-electron chi connectivity index (χ0n) is 18.3.